The molecule has 0 atom stereocenters. The number of hydrogen-bond donors (Lipinski definition) is 0. The van der Waals surface area contributed by atoms with Crippen molar-refractivity contribution < 1.29 is 0 Å². The minimum Gasteiger partial charge on any atom is -0.353 e. The van der Waals surface area contributed by atoms with Gasteiger partial charge in [0, 0.05) is 60.8 Å². The van der Waals surface area contributed by atoms with Crippen LogP contribution in [0.4, 0.5) is 10.9 Å². The molecule has 0 unspecified atom stereocenters. The zero-order valence-corrected chi connectivity index (χ0v) is 16.8. The predicted molar refractivity (Wildman–Crippen MR) is 111 cm³/mol. The van der Waals surface area contributed by atoms with Crippen molar-refractivity contribution in [2.24, 2.45) is 0 Å². The molecule has 7 heteroatoms. The van der Waals surface area contributed by atoms with E-state index in [0.717, 1.165) is 66.3 Å². The molecule has 4 rings (SSSR count). The van der Waals surface area contributed by atoms with Gasteiger partial charge in [0.05, 0.1) is 5.69 Å². The largest absolute Gasteiger partial charge is 0.353 e. The zero-order valence-electron chi connectivity index (χ0n) is 16.0. The Balaban J connectivity index is 1.54. The molecule has 0 amide bonds. The van der Waals surface area contributed by atoms with Gasteiger partial charge >= 0.3 is 0 Å². The summed E-state index contributed by atoms with van der Waals surface area (Å²) in [5.41, 5.74) is 3.22. The number of piperazine rings is 1. The second-order valence-corrected chi connectivity index (χ2v) is 7.92. The Hall–Kier alpha value is -2.54. The second kappa shape index (κ2) is 7.60. The molecule has 4 heterocycles. The highest BCUT2D eigenvalue weighted by molar-refractivity contribution is 7.15. The van der Waals surface area contributed by atoms with E-state index in [-0.39, 0.29) is 0 Å². The van der Waals surface area contributed by atoms with Gasteiger partial charge in [-0.05, 0) is 32.4 Å². The van der Waals surface area contributed by atoms with Crippen LogP contribution >= 0.6 is 11.3 Å². The first-order valence-electron chi connectivity index (χ1n) is 9.36. The molecule has 3 aromatic rings. The standard InChI is InChI=1S/C20H24N6S/c1-4-17-13-18(24-19(23-17)16-5-7-21-8-6-16)25-9-11-26(12-10-25)20-22-14(2)15(3)27-20/h5-8,13H,4,9-12H2,1-3H3. The predicted octanol–water partition coefficient (Wildman–Crippen LogP) is 3.50. The van der Waals surface area contributed by atoms with Gasteiger partial charge in [0.15, 0.2) is 11.0 Å². The summed E-state index contributed by atoms with van der Waals surface area (Å²) in [6, 6.07) is 6.05. The van der Waals surface area contributed by atoms with E-state index in [1.807, 2.05) is 12.1 Å². The lowest BCUT2D eigenvalue weighted by Crippen LogP contribution is -2.46. The number of thiazole rings is 1. The summed E-state index contributed by atoms with van der Waals surface area (Å²) in [7, 11) is 0. The molecule has 1 fully saturated rings. The van der Waals surface area contributed by atoms with Crippen molar-refractivity contribution in [3.63, 3.8) is 0 Å². The molecule has 0 aliphatic carbocycles. The fourth-order valence-corrected chi connectivity index (χ4v) is 4.14. The third-order valence-electron chi connectivity index (χ3n) is 4.96. The number of hydrogen-bond acceptors (Lipinski definition) is 7. The van der Waals surface area contributed by atoms with Gasteiger partial charge in [0.1, 0.15) is 5.82 Å². The molecule has 6 nitrogen and oxygen atoms in total. The van der Waals surface area contributed by atoms with Crippen LogP contribution in [-0.2, 0) is 6.42 Å². The monoisotopic (exact) mass is 380 g/mol. The summed E-state index contributed by atoms with van der Waals surface area (Å²) < 4.78 is 0. The highest BCUT2D eigenvalue weighted by atomic mass is 32.1. The average Bonchev–Trinajstić information content (AvgIpc) is 3.07. The quantitative estimate of drug-likeness (QED) is 0.690. The molecule has 27 heavy (non-hydrogen) atoms. The topological polar surface area (TPSA) is 58.0 Å². The van der Waals surface area contributed by atoms with Gasteiger partial charge in [-0.3, -0.25) is 4.98 Å². The van der Waals surface area contributed by atoms with Crippen LogP contribution in [0.2, 0.25) is 0 Å². The number of anilines is 2. The molecule has 0 bridgehead atoms. The van der Waals surface area contributed by atoms with Crippen LogP contribution in [0, 0.1) is 13.8 Å². The molecule has 0 radical (unpaired) electrons. The maximum Gasteiger partial charge on any atom is 0.185 e. The average molecular weight is 381 g/mol. The van der Waals surface area contributed by atoms with Crippen LogP contribution in [0.5, 0.6) is 0 Å². The number of aryl methyl sites for hydroxylation is 3. The van der Waals surface area contributed by atoms with E-state index in [4.69, 9.17) is 15.0 Å². The van der Waals surface area contributed by atoms with E-state index in [0.29, 0.717) is 0 Å². The Labute approximate surface area is 163 Å². The molecule has 1 aliphatic heterocycles. The van der Waals surface area contributed by atoms with Crippen molar-refractivity contribution in [3.8, 4) is 11.4 Å². The molecule has 1 aliphatic rings. The second-order valence-electron chi connectivity index (χ2n) is 6.74. The number of pyridine rings is 1. The zero-order chi connectivity index (χ0) is 18.8. The van der Waals surface area contributed by atoms with E-state index in [1.165, 1.54) is 4.88 Å². The summed E-state index contributed by atoms with van der Waals surface area (Å²) in [4.78, 5) is 24.4. The maximum atomic E-state index is 4.85. The SMILES string of the molecule is CCc1cc(N2CCN(c3nc(C)c(C)s3)CC2)nc(-c2ccncc2)n1. The van der Waals surface area contributed by atoms with E-state index < -0.39 is 0 Å². The fourth-order valence-electron chi connectivity index (χ4n) is 3.17. The lowest BCUT2D eigenvalue weighted by Gasteiger charge is -2.35. The lowest BCUT2D eigenvalue weighted by molar-refractivity contribution is 0.644. The minimum atomic E-state index is 0.778. The Morgan fingerprint density at radius 3 is 2.30 bits per heavy atom. The van der Waals surface area contributed by atoms with Gasteiger partial charge < -0.3 is 9.80 Å². The van der Waals surface area contributed by atoms with Gasteiger partial charge in [-0.1, -0.05) is 6.92 Å². The first kappa shape index (κ1) is 17.9. The summed E-state index contributed by atoms with van der Waals surface area (Å²) in [6.07, 6.45) is 4.47. The van der Waals surface area contributed by atoms with Crippen molar-refractivity contribution >= 4 is 22.3 Å². The summed E-state index contributed by atoms with van der Waals surface area (Å²) in [5, 5.41) is 1.14. The van der Waals surface area contributed by atoms with Crippen LogP contribution in [0.25, 0.3) is 11.4 Å². The Kier molecular flexibility index (Phi) is 5.03. The van der Waals surface area contributed by atoms with Gasteiger partial charge in [-0.2, -0.15) is 0 Å². The third kappa shape index (κ3) is 3.78. The number of aromatic nitrogens is 4. The molecule has 3 aromatic heterocycles. The minimum absolute atomic E-state index is 0.778. The van der Waals surface area contributed by atoms with Crippen LogP contribution in [0.3, 0.4) is 0 Å². The third-order valence-corrected chi connectivity index (χ3v) is 6.09. The molecular formula is C20H24N6S. The molecule has 140 valence electrons. The van der Waals surface area contributed by atoms with E-state index in [1.54, 1.807) is 23.7 Å². The Morgan fingerprint density at radius 1 is 0.963 bits per heavy atom. The lowest BCUT2D eigenvalue weighted by atomic mass is 10.2. The van der Waals surface area contributed by atoms with Gasteiger partial charge in [0.2, 0.25) is 0 Å². The smallest absolute Gasteiger partial charge is 0.185 e. The van der Waals surface area contributed by atoms with Crippen LogP contribution in [0.15, 0.2) is 30.6 Å². The highest BCUT2D eigenvalue weighted by Crippen LogP contribution is 2.27. The van der Waals surface area contributed by atoms with Crippen molar-refractivity contribution in [2.75, 3.05) is 36.0 Å². The van der Waals surface area contributed by atoms with Gasteiger partial charge in [0.25, 0.3) is 0 Å². The molecule has 1 saturated heterocycles. The van der Waals surface area contributed by atoms with Crippen molar-refractivity contribution in [1.29, 1.82) is 0 Å². The Morgan fingerprint density at radius 2 is 1.67 bits per heavy atom. The van der Waals surface area contributed by atoms with E-state index in [2.05, 4.69) is 41.6 Å². The first-order chi connectivity index (χ1) is 13.1. The van der Waals surface area contributed by atoms with E-state index in [9.17, 15) is 0 Å². The van der Waals surface area contributed by atoms with Crippen LogP contribution in [0.1, 0.15) is 23.2 Å². The van der Waals surface area contributed by atoms with Crippen molar-refractivity contribution in [2.45, 2.75) is 27.2 Å². The summed E-state index contributed by atoms with van der Waals surface area (Å²) in [5.74, 6) is 1.79. The van der Waals surface area contributed by atoms with Crippen molar-refractivity contribution in [3.05, 3.63) is 46.9 Å². The fraction of sp³-hybridized carbons (Fsp3) is 0.400. The summed E-state index contributed by atoms with van der Waals surface area (Å²) in [6.45, 7) is 10.2. The molecule has 0 saturated carbocycles. The molecule has 0 aromatic carbocycles. The first-order valence-corrected chi connectivity index (χ1v) is 10.2. The Bertz CT molecular complexity index is 896. The van der Waals surface area contributed by atoms with Gasteiger partial charge in [-0.25, -0.2) is 15.0 Å². The van der Waals surface area contributed by atoms with Gasteiger partial charge in [-0.15, -0.1) is 11.3 Å². The maximum absolute atomic E-state index is 4.85. The molecule has 0 N–H and O–H groups in total. The van der Waals surface area contributed by atoms with Crippen LogP contribution in [-0.4, -0.2) is 46.1 Å². The number of nitrogens with zero attached hydrogens (tertiary/aromatic N) is 6. The van der Waals surface area contributed by atoms with E-state index >= 15 is 0 Å². The molecular weight excluding hydrogens is 356 g/mol. The normalized spacial score (nSPS) is 14.6. The number of rotatable bonds is 4. The molecule has 0 spiro atoms. The highest BCUT2D eigenvalue weighted by Gasteiger charge is 2.22. The van der Waals surface area contributed by atoms with Crippen LogP contribution < -0.4 is 9.80 Å². The summed E-state index contributed by atoms with van der Waals surface area (Å²) >= 11 is 1.79. The van der Waals surface area contributed by atoms with Crippen molar-refractivity contribution in [1.82, 2.24) is 19.9 Å².